The van der Waals surface area contributed by atoms with Crippen LogP contribution in [-0.2, 0) is 10.8 Å². The fraction of sp³-hybridized carbons (Fsp3) is 0.282. The van der Waals surface area contributed by atoms with E-state index >= 15 is 0 Å². The molecule has 42 heavy (non-hydrogen) atoms. The molecule has 0 heterocycles. The van der Waals surface area contributed by atoms with Crippen LogP contribution in [0.4, 0.5) is 28.4 Å². The lowest BCUT2D eigenvalue weighted by atomic mass is 9.80. The van der Waals surface area contributed by atoms with Crippen LogP contribution in [-0.4, -0.2) is 0 Å². The minimum Gasteiger partial charge on any atom is -0.309 e. The molecule has 0 saturated carbocycles. The van der Waals surface area contributed by atoms with Gasteiger partial charge in [-0.15, -0.1) is 0 Å². The zero-order chi connectivity index (χ0) is 30.7. The van der Waals surface area contributed by atoms with Crippen molar-refractivity contribution >= 4 is 40.0 Å². The summed E-state index contributed by atoms with van der Waals surface area (Å²) in [5.74, 6) is 0. The van der Waals surface area contributed by atoms with Gasteiger partial charge in [-0.3, -0.25) is 0 Å². The third-order valence-corrected chi connectivity index (χ3v) is 7.87. The van der Waals surface area contributed by atoms with Gasteiger partial charge in [0.2, 0.25) is 0 Å². The summed E-state index contributed by atoms with van der Waals surface area (Å²) in [6, 6.07) is 32.3. The van der Waals surface area contributed by atoms with Gasteiger partial charge in [0.1, 0.15) is 0 Å². The van der Waals surface area contributed by atoms with Gasteiger partial charge in [0.25, 0.3) is 0 Å². The van der Waals surface area contributed by atoms with E-state index in [1.54, 1.807) is 0 Å². The van der Waals surface area contributed by atoms with E-state index in [2.05, 4.69) is 163 Å². The van der Waals surface area contributed by atoms with E-state index in [4.69, 9.17) is 11.6 Å². The van der Waals surface area contributed by atoms with Crippen LogP contribution in [0.3, 0.4) is 0 Å². The van der Waals surface area contributed by atoms with Gasteiger partial charge in [0.15, 0.2) is 0 Å². The summed E-state index contributed by atoms with van der Waals surface area (Å²) in [4.78, 5) is 4.52. The van der Waals surface area contributed by atoms with Gasteiger partial charge >= 0.3 is 0 Å². The molecule has 4 rings (SSSR count). The quantitative estimate of drug-likeness (QED) is 0.192. The highest BCUT2D eigenvalue weighted by molar-refractivity contribution is 6.36. The Labute approximate surface area is 259 Å². The van der Waals surface area contributed by atoms with E-state index in [1.165, 1.54) is 11.1 Å². The second-order valence-electron chi connectivity index (χ2n) is 13.0. The number of halogens is 1. The van der Waals surface area contributed by atoms with Crippen molar-refractivity contribution in [3.05, 3.63) is 137 Å². The van der Waals surface area contributed by atoms with Crippen molar-refractivity contribution in [3.8, 4) is 0 Å². The van der Waals surface area contributed by atoms with Crippen molar-refractivity contribution < 1.29 is 0 Å². The summed E-state index contributed by atoms with van der Waals surface area (Å²) in [5, 5.41) is 0.677. The lowest BCUT2D eigenvalue weighted by molar-refractivity contribution is 0.569. The lowest BCUT2D eigenvalue weighted by Crippen LogP contribution is -2.20. The van der Waals surface area contributed by atoms with Gasteiger partial charge < -0.3 is 9.80 Å². The van der Waals surface area contributed by atoms with E-state index in [1.807, 2.05) is 12.1 Å². The summed E-state index contributed by atoms with van der Waals surface area (Å²) in [5.41, 5.74) is 9.70. The van der Waals surface area contributed by atoms with Gasteiger partial charge in [-0.05, 0) is 95.5 Å². The number of hydrogen-bond donors (Lipinski definition) is 0. The Kier molecular flexibility index (Phi) is 9.38. The number of para-hydroxylation sites is 2. The molecule has 0 unspecified atom stereocenters. The number of nitrogens with zero attached hydrogens (tertiary/aromatic N) is 2. The molecule has 2 nitrogen and oxygen atoms in total. The van der Waals surface area contributed by atoms with Crippen LogP contribution >= 0.6 is 11.6 Å². The van der Waals surface area contributed by atoms with Crippen LogP contribution in [0, 0.1) is 6.92 Å². The number of allylic oxidation sites excluding steroid dienone is 2. The predicted molar refractivity (Wildman–Crippen MR) is 185 cm³/mol. The van der Waals surface area contributed by atoms with Gasteiger partial charge in [0.05, 0.1) is 16.4 Å². The third kappa shape index (κ3) is 6.82. The fourth-order valence-corrected chi connectivity index (χ4v) is 5.42. The molecular formula is C39H45ClN2. The summed E-state index contributed by atoms with van der Waals surface area (Å²) < 4.78 is 0. The van der Waals surface area contributed by atoms with Crippen LogP contribution in [0.25, 0.3) is 0 Å². The number of rotatable bonds is 8. The SMILES string of the molecule is C=C/C(=C\CC)N(c1ccccc1)c1cc(C)cc(N(c2ccccc2)c2cc(C(C)(C)C)cc(C(C)(C)C)c2)c1Cl. The first kappa shape index (κ1) is 31.2. The van der Waals surface area contributed by atoms with Crippen LogP contribution in [0.15, 0.2) is 115 Å². The normalized spacial score (nSPS) is 12.3. The smallest absolute Gasteiger partial charge is 0.0887 e. The fourth-order valence-electron chi connectivity index (χ4n) is 5.15. The molecule has 0 bridgehead atoms. The number of hydrogen-bond acceptors (Lipinski definition) is 2. The third-order valence-electron chi connectivity index (χ3n) is 7.48. The zero-order valence-corrected chi connectivity index (χ0v) is 27.3. The second-order valence-corrected chi connectivity index (χ2v) is 13.3. The van der Waals surface area contributed by atoms with E-state index in [-0.39, 0.29) is 10.8 Å². The van der Waals surface area contributed by atoms with Crippen molar-refractivity contribution in [3.63, 3.8) is 0 Å². The molecule has 4 aromatic rings. The Hall–Kier alpha value is -3.75. The second kappa shape index (κ2) is 12.6. The molecule has 0 fully saturated rings. The molecule has 0 aliphatic rings. The molecule has 0 saturated heterocycles. The first-order chi connectivity index (χ1) is 19.8. The molecule has 0 aliphatic heterocycles. The Balaban J connectivity index is 2.07. The van der Waals surface area contributed by atoms with Crippen molar-refractivity contribution in [1.29, 1.82) is 0 Å². The van der Waals surface area contributed by atoms with Gasteiger partial charge in [-0.1, -0.05) is 115 Å². The predicted octanol–water partition coefficient (Wildman–Crippen LogP) is 12.3. The average Bonchev–Trinajstić information content (AvgIpc) is 2.95. The maximum atomic E-state index is 7.54. The maximum Gasteiger partial charge on any atom is 0.0887 e. The molecule has 3 heteroatoms. The number of aryl methyl sites for hydroxylation is 1. The van der Waals surface area contributed by atoms with E-state index in [9.17, 15) is 0 Å². The van der Waals surface area contributed by atoms with Crippen molar-refractivity contribution in [2.75, 3.05) is 9.80 Å². The molecule has 4 aromatic carbocycles. The molecule has 0 radical (unpaired) electrons. The molecule has 0 N–H and O–H groups in total. The van der Waals surface area contributed by atoms with Crippen molar-refractivity contribution in [2.45, 2.75) is 72.6 Å². The number of benzene rings is 4. The van der Waals surface area contributed by atoms with E-state index in [0.29, 0.717) is 5.02 Å². The zero-order valence-electron chi connectivity index (χ0n) is 26.5. The monoisotopic (exact) mass is 576 g/mol. The van der Waals surface area contributed by atoms with E-state index < -0.39 is 0 Å². The number of anilines is 5. The highest BCUT2D eigenvalue weighted by Gasteiger charge is 2.26. The molecule has 0 aliphatic carbocycles. The molecule has 0 atom stereocenters. The summed E-state index contributed by atoms with van der Waals surface area (Å²) >= 11 is 7.54. The van der Waals surface area contributed by atoms with Crippen LogP contribution in [0.1, 0.15) is 71.6 Å². The largest absolute Gasteiger partial charge is 0.309 e. The van der Waals surface area contributed by atoms with Crippen molar-refractivity contribution in [2.24, 2.45) is 0 Å². The Morgan fingerprint density at radius 1 is 0.714 bits per heavy atom. The highest BCUT2D eigenvalue weighted by Crippen LogP contribution is 2.47. The Bertz CT molecular complexity index is 1520. The molecule has 0 aromatic heterocycles. The summed E-state index contributed by atoms with van der Waals surface area (Å²) in [7, 11) is 0. The average molecular weight is 577 g/mol. The molecular weight excluding hydrogens is 532 g/mol. The van der Waals surface area contributed by atoms with Crippen LogP contribution < -0.4 is 9.80 Å². The van der Waals surface area contributed by atoms with Gasteiger partial charge in [0, 0.05) is 22.8 Å². The minimum absolute atomic E-state index is 0.0200. The van der Waals surface area contributed by atoms with E-state index in [0.717, 1.165) is 46.1 Å². The van der Waals surface area contributed by atoms with Gasteiger partial charge in [-0.25, -0.2) is 0 Å². The first-order valence-corrected chi connectivity index (χ1v) is 15.2. The van der Waals surface area contributed by atoms with Crippen LogP contribution in [0.2, 0.25) is 5.02 Å². The van der Waals surface area contributed by atoms with Crippen molar-refractivity contribution in [1.82, 2.24) is 0 Å². The van der Waals surface area contributed by atoms with Crippen LogP contribution in [0.5, 0.6) is 0 Å². The molecule has 218 valence electrons. The molecule has 0 spiro atoms. The molecule has 0 amide bonds. The first-order valence-electron chi connectivity index (χ1n) is 14.8. The lowest BCUT2D eigenvalue weighted by Gasteiger charge is -2.34. The Morgan fingerprint density at radius 2 is 1.21 bits per heavy atom. The highest BCUT2D eigenvalue weighted by atomic mass is 35.5. The minimum atomic E-state index is -0.0200. The topological polar surface area (TPSA) is 6.48 Å². The summed E-state index contributed by atoms with van der Waals surface area (Å²) in [6.45, 7) is 22.1. The maximum absolute atomic E-state index is 7.54. The van der Waals surface area contributed by atoms with Gasteiger partial charge in [-0.2, -0.15) is 0 Å². The standard InChI is InChI=1S/C39H45ClN2/c1-10-18-31(11-2)41(32-19-14-12-15-20-32)35-23-28(3)24-36(37(35)40)42(33-21-16-13-17-22-33)34-26-29(38(4,5)6)25-30(27-34)39(7,8)9/h11-27H,2,10H2,1,3-9H3/b31-18+. The Morgan fingerprint density at radius 3 is 1.69 bits per heavy atom. The summed E-state index contributed by atoms with van der Waals surface area (Å²) in [6.07, 6.45) is 4.98.